The second kappa shape index (κ2) is 14.9. The number of halogens is 1. The molecule has 1 fully saturated rings. The van der Waals surface area contributed by atoms with Gasteiger partial charge in [-0.05, 0) is 51.5 Å². The Morgan fingerprint density at radius 1 is 1.07 bits per heavy atom. The van der Waals surface area contributed by atoms with Crippen molar-refractivity contribution in [2.75, 3.05) is 46.4 Å². The van der Waals surface area contributed by atoms with E-state index in [0.717, 1.165) is 55.8 Å². The minimum absolute atomic E-state index is 0.0417. The van der Waals surface area contributed by atoms with Crippen LogP contribution in [-0.2, 0) is 9.53 Å². The Labute approximate surface area is 174 Å². The summed E-state index contributed by atoms with van der Waals surface area (Å²) >= 11 is 3.40. The highest BCUT2D eigenvalue weighted by Crippen LogP contribution is 2.16. The number of nitrogens with zero attached hydrogens (tertiary/aromatic N) is 2. The Hall–Kier alpha value is -1.11. The van der Waals surface area contributed by atoms with Crippen LogP contribution in [0.5, 0.6) is 5.75 Å². The van der Waals surface area contributed by atoms with Crippen LogP contribution in [0.4, 0.5) is 0 Å². The Bertz CT molecular complexity index is 489. The molecule has 0 aromatic heterocycles. The smallest absolute Gasteiger partial charge is 0.209 e. The van der Waals surface area contributed by atoms with Gasteiger partial charge in [-0.3, -0.25) is 9.69 Å². The molecule has 1 aromatic carbocycles. The monoisotopic (exact) mass is 444 g/mol. The van der Waals surface area contributed by atoms with E-state index >= 15 is 0 Å². The lowest BCUT2D eigenvalue weighted by Crippen LogP contribution is -2.32. The van der Waals surface area contributed by atoms with E-state index in [1.807, 2.05) is 63.8 Å². The molecule has 6 heteroatoms. The molecule has 0 unspecified atom stereocenters. The summed E-state index contributed by atoms with van der Waals surface area (Å²) in [7, 11) is 1.71. The number of rotatable bonds is 5. The molecule has 0 radical (unpaired) electrons. The van der Waals surface area contributed by atoms with Crippen molar-refractivity contribution >= 4 is 22.3 Å². The summed E-state index contributed by atoms with van der Waals surface area (Å²) in [5, 5.41) is 0. The number of methoxy groups -OCH3 is 1. The van der Waals surface area contributed by atoms with Gasteiger partial charge >= 0.3 is 0 Å². The first-order chi connectivity index (χ1) is 12.8. The highest BCUT2D eigenvalue weighted by atomic mass is 79.9. The Morgan fingerprint density at radius 3 is 2.19 bits per heavy atom. The zero-order chi connectivity index (χ0) is 20.7. The zero-order valence-electron chi connectivity index (χ0n) is 17.8. The summed E-state index contributed by atoms with van der Waals surface area (Å²) in [4.78, 5) is 14.9. The van der Waals surface area contributed by atoms with E-state index in [9.17, 15) is 4.79 Å². The number of carbonyl (C=O) groups is 1. The zero-order valence-corrected chi connectivity index (χ0v) is 19.4. The molecule has 0 atom stereocenters. The van der Waals surface area contributed by atoms with Gasteiger partial charge in [0.15, 0.2) is 0 Å². The van der Waals surface area contributed by atoms with Crippen molar-refractivity contribution in [2.45, 2.75) is 46.6 Å². The molecule has 1 heterocycles. The van der Waals surface area contributed by atoms with E-state index in [0.29, 0.717) is 6.61 Å². The molecule has 1 aromatic rings. The quantitative estimate of drug-likeness (QED) is 0.628. The highest BCUT2D eigenvalue weighted by Gasteiger charge is 2.12. The maximum Gasteiger partial charge on any atom is 0.209 e. The molecular weight excluding hydrogens is 408 g/mol. The SMILES string of the molecule is CC.COC(C)(C)C.O=CN1CCCN(CCOc2ccc(Br)cc2)CC1. The Balaban J connectivity index is 0.000000722. The first-order valence-electron chi connectivity index (χ1n) is 9.69. The molecule has 156 valence electrons. The van der Waals surface area contributed by atoms with Crippen molar-refractivity contribution in [1.82, 2.24) is 9.80 Å². The van der Waals surface area contributed by atoms with E-state index in [2.05, 4.69) is 20.8 Å². The molecule has 1 saturated heterocycles. The van der Waals surface area contributed by atoms with Gasteiger partial charge < -0.3 is 14.4 Å². The van der Waals surface area contributed by atoms with Gasteiger partial charge in [0.25, 0.3) is 0 Å². The summed E-state index contributed by atoms with van der Waals surface area (Å²) in [6, 6.07) is 7.87. The number of ether oxygens (including phenoxy) is 2. The summed E-state index contributed by atoms with van der Waals surface area (Å²) < 4.78 is 11.7. The molecule has 0 spiro atoms. The van der Waals surface area contributed by atoms with Crippen molar-refractivity contribution in [3.05, 3.63) is 28.7 Å². The second-order valence-electron chi connectivity index (χ2n) is 6.96. The van der Waals surface area contributed by atoms with Crippen LogP contribution in [0.2, 0.25) is 0 Å². The van der Waals surface area contributed by atoms with Gasteiger partial charge in [0.05, 0.1) is 5.60 Å². The Morgan fingerprint density at radius 2 is 1.67 bits per heavy atom. The molecule has 5 nitrogen and oxygen atoms in total. The van der Waals surface area contributed by atoms with E-state index < -0.39 is 0 Å². The predicted octanol–water partition coefficient (Wildman–Crippen LogP) is 4.45. The molecule has 2 rings (SSSR count). The van der Waals surface area contributed by atoms with Crippen molar-refractivity contribution in [1.29, 1.82) is 0 Å². The fourth-order valence-electron chi connectivity index (χ4n) is 2.14. The second-order valence-corrected chi connectivity index (χ2v) is 7.87. The third-order valence-corrected chi connectivity index (χ3v) is 4.40. The molecule has 1 amide bonds. The van der Waals surface area contributed by atoms with Crippen LogP contribution >= 0.6 is 15.9 Å². The molecule has 0 saturated carbocycles. The van der Waals surface area contributed by atoms with Crippen molar-refractivity contribution in [3.8, 4) is 5.75 Å². The number of carbonyl (C=O) groups excluding carboxylic acids is 1. The topological polar surface area (TPSA) is 42.0 Å². The maximum absolute atomic E-state index is 10.7. The van der Waals surface area contributed by atoms with Crippen LogP contribution in [0.3, 0.4) is 0 Å². The third kappa shape index (κ3) is 13.7. The first-order valence-corrected chi connectivity index (χ1v) is 10.5. The van der Waals surface area contributed by atoms with Gasteiger partial charge in [-0.2, -0.15) is 0 Å². The third-order valence-electron chi connectivity index (χ3n) is 3.87. The van der Waals surface area contributed by atoms with Gasteiger partial charge in [0, 0.05) is 44.3 Å². The summed E-state index contributed by atoms with van der Waals surface area (Å²) in [6.07, 6.45) is 1.98. The van der Waals surface area contributed by atoms with Gasteiger partial charge in [0.2, 0.25) is 6.41 Å². The number of benzene rings is 1. The standard InChI is InChI=1S/C14H19BrN2O2.C5H12O.C2H6/c15-13-2-4-14(5-3-13)19-11-10-16-6-1-7-17(12-18)9-8-16;1-5(2,3)6-4;1-2/h2-5,12H,1,6-11H2;1-4H3;1-2H3. The first kappa shape index (κ1) is 25.9. The summed E-state index contributed by atoms with van der Waals surface area (Å²) in [5.74, 6) is 0.896. The molecule has 0 N–H and O–H groups in total. The fraction of sp³-hybridized carbons (Fsp3) is 0.667. The lowest BCUT2D eigenvalue weighted by atomic mass is 10.2. The van der Waals surface area contributed by atoms with Crippen LogP contribution in [-0.4, -0.2) is 68.3 Å². The average molecular weight is 445 g/mol. The molecule has 1 aliphatic rings. The van der Waals surface area contributed by atoms with Gasteiger partial charge in [-0.25, -0.2) is 0 Å². The maximum atomic E-state index is 10.7. The van der Waals surface area contributed by atoms with Crippen LogP contribution in [0.1, 0.15) is 41.0 Å². The summed E-state index contributed by atoms with van der Waals surface area (Å²) in [6.45, 7) is 15.3. The van der Waals surface area contributed by atoms with Crippen LogP contribution in [0, 0.1) is 0 Å². The van der Waals surface area contributed by atoms with Crippen molar-refractivity contribution in [3.63, 3.8) is 0 Å². The predicted molar refractivity (Wildman–Crippen MR) is 116 cm³/mol. The lowest BCUT2D eigenvalue weighted by molar-refractivity contribution is -0.118. The minimum Gasteiger partial charge on any atom is -0.492 e. The van der Waals surface area contributed by atoms with Crippen LogP contribution in [0.25, 0.3) is 0 Å². The molecule has 0 bridgehead atoms. The van der Waals surface area contributed by atoms with Gasteiger partial charge in [-0.15, -0.1) is 0 Å². The summed E-state index contributed by atoms with van der Waals surface area (Å²) in [5.41, 5.74) is 0.0417. The number of hydrogen-bond donors (Lipinski definition) is 0. The minimum atomic E-state index is 0.0417. The van der Waals surface area contributed by atoms with E-state index in [4.69, 9.17) is 9.47 Å². The van der Waals surface area contributed by atoms with Gasteiger partial charge in [0.1, 0.15) is 12.4 Å². The molecule has 27 heavy (non-hydrogen) atoms. The van der Waals surface area contributed by atoms with Crippen molar-refractivity contribution < 1.29 is 14.3 Å². The van der Waals surface area contributed by atoms with Crippen molar-refractivity contribution in [2.24, 2.45) is 0 Å². The fourth-order valence-corrected chi connectivity index (χ4v) is 2.41. The van der Waals surface area contributed by atoms with E-state index in [1.165, 1.54) is 0 Å². The largest absolute Gasteiger partial charge is 0.492 e. The lowest BCUT2D eigenvalue weighted by Gasteiger charge is -2.20. The Kier molecular flexibility index (Phi) is 14.3. The van der Waals surface area contributed by atoms with E-state index in [-0.39, 0.29) is 5.60 Å². The highest BCUT2D eigenvalue weighted by molar-refractivity contribution is 9.10. The molecular formula is C21H37BrN2O3. The average Bonchev–Trinajstić information content (AvgIpc) is 2.90. The molecule has 0 aliphatic carbocycles. The number of amides is 1. The van der Waals surface area contributed by atoms with Crippen LogP contribution < -0.4 is 4.74 Å². The number of hydrogen-bond acceptors (Lipinski definition) is 4. The normalized spacial score (nSPS) is 14.9. The van der Waals surface area contributed by atoms with E-state index in [1.54, 1.807) is 7.11 Å². The van der Waals surface area contributed by atoms with Crippen LogP contribution in [0.15, 0.2) is 28.7 Å². The molecule has 1 aliphatic heterocycles. The van der Waals surface area contributed by atoms with Gasteiger partial charge in [-0.1, -0.05) is 29.8 Å².